The Bertz CT molecular complexity index is 814. The van der Waals surface area contributed by atoms with Gasteiger partial charge in [-0.1, -0.05) is 23.4 Å². The summed E-state index contributed by atoms with van der Waals surface area (Å²) in [5, 5.41) is 13.7. The van der Waals surface area contributed by atoms with E-state index in [1.165, 1.54) is 18.2 Å². The minimum Gasteiger partial charge on any atom is -0.368 e. The molecule has 1 aliphatic rings. The van der Waals surface area contributed by atoms with Gasteiger partial charge in [0.1, 0.15) is 6.54 Å². The summed E-state index contributed by atoms with van der Waals surface area (Å²) in [4.78, 5) is 37.1. The number of carbonyl (C=O) groups excluding carboxylic acids is 1. The first-order chi connectivity index (χ1) is 12.6. The van der Waals surface area contributed by atoms with Crippen LogP contribution in [0.15, 0.2) is 53.7 Å². The normalized spacial score (nSPS) is 14.2. The standard InChI is InChI=1S/C18H18N4O4/c23-18(15-2-1-3-17(12-15)22(25)26)21-10-8-20(9-11-21)16-6-4-14(5-7-16)13-19-24/h1-7,12H,8-11,13H2. The number of non-ortho nitro benzene ring substituents is 1. The summed E-state index contributed by atoms with van der Waals surface area (Å²) in [5.74, 6) is -0.194. The van der Waals surface area contributed by atoms with Crippen LogP contribution in [0.2, 0.25) is 0 Å². The molecule has 3 rings (SSSR count). The largest absolute Gasteiger partial charge is 0.368 e. The lowest BCUT2D eigenvalue weighted by atomic mass is 10.1. The summed E-state index contributed by atoms with van der Waals surface area (Å²) in [6.07, 6.45) is 0. The van der Waals surface area contributed by atoms with Crippen LogP contribution < -0.4 is 4.90 Å². The van der Waals surface area contributed by atoms with Crippen LogP contribution in [-0.4, -0.2) is 41.9 Å². The van der Waals surface area contributed by atoms with Gasteiger partial charge in [-0.3, -0.25) is 14.9 Å². The molecular weight excluding hydrogens is 336 g/mol. The number of benzene rings is 2. The zero-order valence-corrected chi connectivity index (χ0v) is 14.1. The van der Waals surface area contributed by atoms with E-state index in [-0.39, 0.29) is 18.1 Å². The highest BCUT2D eigenvalue weighted by atomic mass is 16.6. The van der Waals surface area contributed by atoms with Crippen molar-refractivity contribution < 1.29 is 9.72 Å². The molecule has 0 saturated carbocycles. The maximum atomic E-state index is 12.6. The second-order valence-corrected chi connectivity index (χ2v) is 6.04. The van der Waals surface area contributed by atoms with Crippen LogP contribution in [0.25, 0.3) is 0 Å². The Morgan fingerprint density at radius 3 is 2.38 bits per heavy atom. The lowest BCUT2D eigenvalue weighted by Gasteiger charge is -2.36. The Hall–Kier alpha value is -3.29. The summed E-state index contributed by atoms with van der Waals surface area (Å²) in [6.45, 7) is 2.59. The zero-order valence-electron chi connectivity index (χ0n) is 14.1. The van der Waals surface area contributed by atoms with E-state index in [4.69, 9.17) is 0 Å². The van der Waals surface area contributed by atoms with E-state index in [0.717, 1.165) is 11.3 Å². The van der Waals surface area contributed by atoms with Crippen molar-refractivity contribution in [1.82, 2.24) is 4.90 Å². The van der Waals surface area contributed by atoms with Crippen molar-refractivity contribution in [3.05, 3.63) is 74.7 Å². The molecule has 1 heterocycles. The van der Waals surface area contributed by atoms with Gasteiger partial charge < -0.3 is 9.80 Å². The highest BCUT2D eigenvalue weighted by Gasteiger charge is 2.23. The van der Waals surface area contributed by atoms with Crippen LogP contribution >= 0.6 is 0 Å². The second-order valence-electron chi connectivity index (χ2n) is 6.04. The van der Waals surface area contributed by atoms with Gasteiger partial charge in [-0.15, -0.1) is 0 Å². The number of nitrogens with zero attached hydrogens (tertiary/aromatic N) is 4. The van der Waals surface area contributed by atoms with E-state index in [0.29, 0.717) is 31.7 Å². The highest BCUT2D eigenvalue weighted by Crippen LogP contribution is 2.20. The van der Waals surface area contributed by atoms with Crippen molar-refractivity contribution in [3.63, 3.8) is 0 Å². The Labute approximate surface area is 150 Å². The monoisotopic (exact) mass is 354 g/mol. The van der Waals surface area contributed by atoms with E-state index in [9.17, 15) is 19.8 Å². The van der Waals surface area contributed by atoms with E-state index >= 15 is 0 Å². The maximum absolute atomic E-state index is 12.6. The summed E-state index contributed by atoms with van der Waals surface area (Å²) < 4.78 is 0. The van der Waals surface area contributed by atoms with Crippen LogP contribution in [0.5, 0.6) is 0 Å². The van der Waals surface area contributed by atoms with E-state index in [2.05, 4.69) is 10.1 Å². The molecule has 0 N–H and O–H groups in total. The first-order valence-corrected chi connectivity index (χ1v) is 8.25. The highest BCUT2D eigenvalue weighted by molar-refractivity contribution is 5.95. The topological polar surface area (TPSA) is 96.1 Å². The van der Waals surface area contributed by atoms with Gasteiger partial charge in [0.25, 0.3) is 11.6 Å². The van der Waals surface area contributed by atoms with E-state index < -0.39 is 4.92 Å². The van der Waals surface area contributed by atoms with Crippen molar-refractivity contribution >= 4 is 17.3 Å². The predicted octanol–water partition coefficient (Wildman–Crippen LogP) is 2.82. The Kier molecular flexibility index (Phi) is 5.21. The summed E-state index contributed by atoms with van der Waals surface area (Å²) in [5.41, 5.74) is 2.14. The SMILES string of the molecule is O=NCc1ccc(N2CCN(C(=O)c3cccc([N+](=O)[O-])c3)CC2)cc1. The fraction of sp³-hybridized carbons (Fsp3) is 0.278. The van der Waals surface area contributed by atoms with Crippen molar-refractivity contribution in [2.24, 2.45) is 5.18 Å². The fourth-order valence-corrected chi connectivity index (χ4v) is 2.99. The van der Waals surface area contributed by atoms with Crippen LogP contribution in [0, 0.1) is 15.0 Å². The number of amides is 1. The number of nitroso groups, excluding NO2 is 1. The molecule has 0 bridgehead atoms. The third-order valence-electron chi connectivity index (χ3n) is 4.42. The summed E-state index contributed by atoms with van der Waals surface area (Å²) in [6, 6.07) is 13.4. The van der Waals surface area contributed by atoms with Gasteiger partial charge in [0.15, 0.2) is 0 Å². The van der Waals surface area contributed by atoms with Gasteiger partial charge in [-0.05, 0) is 23.8 Å². The number of nitro groups is 1. The average molecular weight is 354 g/mol. The number of carbonyl (C=O) groups is 1. The van der Waals surface area contributed by atoms with Gasteiger partial charge in [0.05, 0.1) is 4.92 Å². The van der Waals surface area contributed by atoms with E-state index in [1.54, 1.807) is 11.0 Å². The van der Waals surface area contributed by atoms with Gasteiger partial charge in [0.2, 0.25) is 0 Å². The van der Waals surface area contributed by atoms with Gasteiger partial charge in [-0.2, -0.15) is 4.91 Å². The third kappa shape index (κ3) is 3.85. The number of nitro benzene ring substituents is 1. The molecule has 26 heavy (non-hydrogen) atoms. The molecule has 1 aliphatic heterocycles. The zero-order chi connectivity index (χ0) is 18.5. The third-order valence-corrected chi connectivity index (χ3v) is 4.42. The number of rotatable bonds is 5. The van der Waals surface area contributed by atoms with Crippen LogP contribution in [0.3, 0.4) is 0 Å². The molecule has 1 amide bonds. The van der Waals surface area contributed by atoms with Gasteiger partial charge >= 0.3 is 0 Å². The number of anilines is 1. The molecule has 0 aliphatic carbocycles. The molecule has 0 unspecified atom stereocenters. The van der Waals surface area contributed by atoms with Crippen molar-refractivity contribution in [1.29, 1.82) is 0 Å². The van der Waals surface area contributed by atoms with Crippen molar-refractivity contribution in [3.8, 4) is 0 Å². The molecule has 0 spiro atoms. The average Bonchev–Trinajstić information content (AvgIpc) is 2.68. The fourth-order valence-electron chi connectivity index (χ4n) is 2.99. The molecule has 2 aromatic rings. The second kappa shape index (κ2) is 7.73. The smallest absolute Gasteiger partial charge is 0.270 e. The van der Waals surface area contributed by atoms with Crippen LogP contribution in [0.1, 0.15) is 15.9 Å². The number of hydrogen-bond donors (Lipinski definition) is 0. The molecule has 8 heteroatoms. The molecular formula is C18H18N4O4. The molecule has 0 aromatic heterocycles. The predicted molar refractivity (Wildman–Crippen MR) is 97.2 cm³/mol. The van der Waals surface area contributed by atoms with Gasteiger partial charge in [0, 0.05) is 49.6 Å². The summed E-state index contributed by atoms with van der Waals surface area (Å²) >= 11 is 0. The maximum Gasteiger partial charge on any atom is 0.270 e. The van der Waals surface area contributed by atoms with Crippen LogP contribution in [-0.2, 0) is 6.54 Å². The van der Waals surface area contributed by atoms with Crippen molar-refractivity contribution in [2.75, 3.05) is 31.1 Å². The Balaban J connectivity index is 1.62. The number of piperazine rings is 1. The molecule has 1 fully saturated rings. The summed E-state index contributed by atoms with van der Waals surface area (Å²) in [7, 11) is 0. The van der Waals surface area contributed by atoms with Crippen LogP contribution in [0.4, 0.5) is 11.4 Å². The Morgan fingerprint density at radius 1 is 1.08 bits per heavy atom. The van der Waals surface area contributed by atoms with E-state index in [1.807, 2.05) is 24.3 Å². The quantitative estimate of drug-likeness (QED) is 0.467. The molecule has 8 nitrogen and oxygen atoms in total. The first-order valence-electron chi connectivity index (χ1n) is 8.25. The minimum absolute atomic E-state index is 0.0839. The Morgan fingerprint density at radius 2 is 1.77 bits per heavy atom. The molecule has 2 aromatic carbocycles. The lowest BCUT2D eigenvalue weighted by Crippen LogP contribution is -2.48. The molecule has 134 valence electrons. The lowest BCUT2D eigenvalue weighted by molar-refractivity contribution is -0.384. The minimum atomic E-state index is -0.501. The number of hydrogen-bond acceptors (Lipinski definition) is 6. The molecule has 0 radical (unpaired) electrons. The molecule has 0 atom stereocenters. The first kappa shape index (κ1) is 17.5. The molecule has 1 saturated heterocycles. The van der Waals surface area contributed by atoms with Crippen molar-refractivity contribution in [2.45, 2.75) is 6.54 Å². The van der Waals surface area contributed by atoms with Gasteiger partial charge in [-0.25, -0.2) is 0 Å².